The molecule has 1 aromatic heterocycles. The Morgan fingerprint density at radius 2 is 1.94 bits per heavy atom. The monoisotopic (exact) mass is 256 g/mol. The Morgan fingerprint density at radius 1 is 1.35 bits per heavy atom. The van der Waals surface area contributed by atoms with Crippen LogP contribution in [0.2, 0.25) is 0 Å². The number of aromatic nitrogens is 3. The number of nitrogens with one attached hydrogen (secondary N) is 1. The van der Waals surface area contributed by atoms with Crippen molar-refractivity contribution >= 4 is 17.7 Å². The summed E-state index contributed by atoms with van der Waals surface area (Å²) in [5, 5.41) is 8.23. The van der Waals surface area contributed by atoms with Crippen molar-refractivity contribution in [3.8, 4) is 0 Å². The number of hydrogen-bond acceptors (Lipinski definition) is 5. The molecule has 0 aliphatic heterocycles. The van der Waals surface area contributed by atoms with E-state index in [9.17, 15) is 9.59 Å². The van der Waals surface area contributed by atoms with Crippen molar-refractivity contribution in [2.24, 2.45) is 0 Å². The lowest BCUT2D eigenvalue weighted by atomic mass is 9.93. The zero-order chi connectivity index (χ0) is 13.2. The Bertz CT molecular complexity index is 490. The third-order valence-corrected chi connectivity index (χ3v) is 2.62. The van der Waals surface area contributed by atoms with Gasteiger partial charge in [0.05, 0.1) is 0 Å². The van der Waals surface area contributed by atoms with Crippen LogP contribution >= 0.6 is 11.8 Å². The number of rotatable bonds is 2. The van der Waals surface area contributed by atoms with Crippen LogP contribution in [-0.4, -0.2) is 27.0 Å². The highest BCUT2D eigenvalue weighted by Crippen LogP contribution is 2.16. The van der Waals surface area contributed by atoms with Crippen molar-refractivity contribution in [3.63, 3.8) is 0 Å². The standard InChI is InChI=1S/C10H16N4O2S/c1-6(15)13-14-8(16)7(10(2,3)4)11-12-9(14)17-5/h1-5H3,(H,13,15). The summed E-state index contributed by atoms with van der Waals surface area (Å²) in [6.45, 7) is 6.95. The van der Waals surface area contributed by atoms with Crippen molar-refractivity contribution < 1.29 is 4.79 Å². The van der Waals surface area contributed by atoms with E-state index in [1.54, 1.807) is 6.26 Å². The smallest absolute Gasteiger partial charge is 0.274 e. The Morgan fingerprint density at radius 3 is 2.35 bits per heavy atom. The average molecular weight is 256 g/mol. The van der Waals surface area contributed by atoms with E-state index < -0.39 is 5.41 Å². The molecule has 0 atom stereocenters. The summed E-state index contributed by atoms with van der Waals surface area (Å²) >= 11 is 1.25. The first-order valence-corrected chi connectivity index (χ1v) is 6.31. The molecule has 7 heteroatoms. The fraction of sp³-hybridized carbons (Fsp3) is 0.600. The topological polar surface area (TPSA) is 76.9 Å². The summed E-state index contributed by atoms with van der Waals surface area (Å²) in [6, 6.07) is 0. The van der Waals surface area contributed by atoms with Crippen molar-refractivity contribution in [1.82, 2.24) is 14.9 Å². The predicted molar refractivity (Wildman–Crippen MR) is 66.8 cm³/mol. The molecule has 0 saturated heterocycles. The third kappa shape index (κ3) is 3.06. The largest absolute Gasteiger partial charge is 0.295 e. The van der Waals surface area contributed by atoms with Crippen LogP contribution in [0.15, 0.2) is 9.95 Å². The number of thioether (sulfide) groups is 1. The molecule has 1 amide bonds. The minimum absolute atomic E-state index is 0.323. The molecule has 0 aliphatic rings. The summed E-state index contributed by atoms with van der Waals surface area (Å²) in [6.07, 6.45) is 1.76. The van der Waals surface area contributed by atoms with Crippen LogP contribution in [0.5, 0.6) is 0 Å². The van der Waals surface area contributed by atoms with Gasteiger partial charge in [0.15, 0.2) is 0 Å². The van der Waals surface area contributed by atoms with Crippen LogP contribution in [-0.2, 0) is 10.2 Å². The van der Waals surface area contributed by atoms with E-state index in [1.165, 1.54) is 18.7 Å². The molecule has 0 unspecified atom stereocenters. The van der Waals surface area contributed by atoms with E-state index in [1.807, 2.05) is 20.8 Å². The fourth-order valence-electron chi connectivity index (χ4n) is 1.23. The predicted octanol–water partition coefficient (Wildman–Crippen LogP) is 0.748. The zero-order valence-electron chi connectivity index (χ0n) is 10.6. The van der Waals surface area contributed by atoms with Gasteiger partial charge in [0.25, 0.3) is 5.56 Å². The SMILES string of the molecule is CSc1nnc(C(C)(C)C)c(=O)n1NC(C)=O. The lowest BCUT2D eigenvalue weighted by Gasteiger charge is -2.18. The molecule has 0 aliphatic carbocycles. The van der Waals surface area contributed by atoms with Gasteiger partial charge in [0.1, 0.15) is 5.69 Å². The van der Waals surface area contributed by atoms with Gasteiger partial charge in [-0.2, -0.15) is 4.68 Å². The van der Waals surface area contributed by atoms with Crippen molar-refractivity contribution in [2.45, 2.75) is 38.3 Å². The van der Waals surface area contributed by atoms with E-state index in [-0.39, 0.29) is 11.5 Å². The molecule has 94 valence electrons. The summed E-state index contributed by atoms with van der Waals surface area (Å²) in [5.74, 6) is -0.324. The molecule has 1 aromatic rings. The second kappa shape index (κ2) is 4.87. The molecule has 1 N–H and O–H groups in total. The zero-order valence-corrected chi connectivity index (χ0v) is 11.4. The Kier molecular flexibility index (Phi) is 3.92. The number of hydrogen-bond donors (Lipinski definition) is 1. The van der Waals surface area contributed by atoms with Gasteiger partial charge < -0.3 is 0 Å². The minimum atomic E-state index is -0.415. The molecular formula is C10H16N4O2S. The maximum absolute atomic E-state index is 12.2. The van der Waals surface area contributed by atoms with Crippen molar-refractivity contribution in [1.29, 1.82) is 0 Å². The van der Waals surface area contributed by atoms with Crippen LogP contribution < -0.4 is 11.0 Å². The van der Waals surface area contributed by atoms with Crippen LogP contribution in [0, 0.1) is 0 Å². The summed E-state index contributed by atoms with van der Waals surface area (Å²) in [7, 11) is 0. The van der Waals surface area contributed by atoms with E-state index in [0.717, 1.165) is 4.68 Å². The molecule has 0 aromatic carbocycles. The molecular weight excluding hydrogens is 240 g/mol. The first kappa shape index (κ1) is 13.7. The highest BCUT2D eigenvalue weighted by Gasteiger charge is 2.23. The number of amides is 1. The van der Waals surface area contributed by atoms with Gasteiger partial charge in [-0.15, -0.1) is 10.2 Å². The maximum atomic E-state index is 12.2. The van der Waals surface area contributed by atoms with Gasteiger partial charge in [0.2, 0.25) is 11.1 Å². The third-order valence-electron chi connectivity index (χ3n) is 1.99. The second-order valence-electron chi connectivity index (χ2n) is 4.59. The van der Waals surface area contributed by atoms with Gasteiger partial charge in [-0.25, -0.2) is 0 Å². The lowest BCUT2D eigenvalue weighted by molar-refractivity contribution is -0.115. The highest BCUT2D eigenvalue weighted by molar-refractivity contribution is 7.98. The Labute approximate surface area is 104 Å². The van der Waals surface area contributed by atoms with Gasteiger partial charge in [-0.3, -0.25) is 15.0 Å². The average Bonchev–Trinajstić information content (AvgIpc) is 2.18. The molecule has 1 heterocycles. The van der Waals surface area contributed by atoms with Crippen LogP contribution in [0.3, 0.4) is 0 Å². The van der Waals surface area contributed by atoms with E-state index in [2.05, 4.69) is 15.6 Å². The number of carbonyl (C=O) groups is 1. The van der Waals surface area contributed by atoms with E-state index in [4.69, 9.17) is 0 Å². The van der Waals surface area contributed by atoms with Gasteiger partial charge in [0, 0.05) is 12.3 Å². The second-order valence-corrected chi connectivity index (χ2v) is 5.37. The summed E-state index contributed by atoms with van der Waals surface area (Å²) in [5.41, 5.74) is 2.01. The van der Waals surface area contributed by atoms with Gasteiger partial charge in [-0.05, 0) is 6.26 Å². The molecule has 0 radical (unpaired) electrons. The number of nitrogens with zero attached hydrogens (tertiary/aromatic N) is 3. The first-order chi connectivity index (χ1) is 7.77. The minimum Gasteiger partial charge on any atom is -0.274 e. The maximum Gasteiger partial charge on any atom is 0.295 e. The number of carbonyl (C=O) groups excluding carboxylic acids is 1. The normalized spacial score (nSPS) is 11.4. The van der Waals surface area contributed by atoms with Crippen LogP contribution in [0.25, 0.3) is 0 Å². The van der Waals surface area contributed by atoms with E-state index >= 15 is 0 Å². The highest BCUT2D eigenvalue weighted by atomic mass is 32.2. The molecule has 0 saturated carbocycles. The molecule has 17 heavy (non-hydrogen) atoms. The van der Waals surface area contributed by atoms with Crippen molar-refractivity contribution in [2.75, 3.05) is 11.7 Å². The quantitative estimate of drug-likeness (QED) is 0.790. The van der Waals surface area contributed by atoms with Crippen LogP contribution in [0.4, 0.5) is 0 Å². The Hall–Kier alpha value is -1.37. The Balaban J connectivity index is 3.43. The molecule has 0 spiro atoms. The molecule has 0 bridgehead atoms. The van der Waals surface area contributed by atoms with Crippen LogP contribution in [0.1, 0.15) is 33.4 Å². The fourth-order valence-corrected chi connectivity index (χ4v) is 1.67. The molecule has 6 nitrogen and oxygen atoms in total. The van der Waals surface area contributed by atoms with Crippen molar-refractivity contribution in [3.05, 3.63) is 16.0 Å². The summed E-state index contributed by atoms with van der Waals surface area (Å²) in [4.78, 5) is 23.2. The summed E-state index contributed by atoms with van der Waals surface area (Å²) < 4.78 is 1.14. The first-order valence-electron chi connectivity index (χ1n) is 5.09. The van der Waals surface area contributed by atoms with Gasteiger partial charge in [-0.1, -0.05) is 32.5 Å². The molecule has 0 fully saturated rings. The molecule has 1 rings (SSSR count). The van der Waals surface area contributed by atoms with Gasteiger partial charge >= 0.3 is 0 Å². The van der Waals surface area contributed by atoms with E-state index in [0.29, 0.717) is 10.9 Å². The lowest BCUT2D eigenvalue weighted by Crippen LogP contribution is -2.39.